The van der Waals surface area contributed by atoms with Crippen LogP contribution in [0.3, 0.4) is 0 Å². The molecule has 0 radical (unpaired) electrons. The van der Waals surface area contributed by atoms with E-state index < -0.39 is 32.9 Å². The van der Waals surface area contributed by atoms with Gasteiger partial charge in [0, 0.05) is 28.3 Å². The van der Waals surface area contributed by atoms with Crippen molar-refractivity contribution < 1.29 is 28.2 Å². The number of carboxylic acids is 1. The summed E-state index contributed by atoms with van der Waals surface area (Å²) in [7, 11) is -4.21. The summed E-state index contributed by atoms with van der Waals surface area (Å²) in [5.74, 6) is -1.79. The summed E-state index contributed by atoms with van der Waals surface area (Å²) in [5, 5.41) is 22.4. The van der Waals surface area contributed by atoms with E-state index in [0.29, 0.717) is 15.5 Å². The number of carbonyl (C=O) groups excluding carboxylic acids is 1. The van der Waals surface area contributed by atoms with E-state index in [1.807, 2.05) is 0 Å². The maximum Gasteiger partial charge on any atom is 0.325 e. The molecule has 184 valence electrons. The van der Waals surface area contributed by atoms with Gasteiger partial charge >= 0.3 is 5.97 Å². The molecule has 1 aliphatic rings. The van der Waals surface area contributed by atoms with Gasteiger partial charge in [0.15, 0.2) is 0 Å². The molecule has 8 nitrogen and oxygen atoms in total. The number of rotatable bonds is 10. The Hall–Kier alpha value is -2.76. The highest BCUT2D eigenvalue weighted by atomic mass is 35.5. The summed E-state index contributed by atoms with van der Waals surface area (Å²) in [6.45, 7) is -0.458. The quantitative estimate of drug-likeness (QED) is 0.316. The zero-order valence-corrected chi connectivity index (χ0v) is 20.8. The molecule has 0 aliphatic heterocycles. The third-order valence-corrected chi connectivity index (χ3v) is 9.53. The first-order valence-corrected chi connectivity index (χ1v) is 13.4. The first-order valence-electron chi connectivity index (χ1n) is 10.7. The Balaban J connectivity index is 1.66. The molecule has 1 amide bonds. The fourth-order valence-corrected chi connectivity index (χ4v) is 7.10. The Kier molecular flexibility index (Phi) is 7.03. The van der Waals surface area contributed by atoms with Gasteiger partial charge in [0.1, 0.15) is 9.75 Å². The molecule has 0 bridgehead atoms. The van der Waals surface area contributed by atoms with Crippen molar-refractivity contribution in [3.8, 4) is 10.4 Å². The third-order valence-electron chi connectivity index (χ3n) is 6.16. The number of aliphatic hydroxyl groups is 1. The lowest BCUT2D eigenvalue weighted by molar-refractivity contribution is -0.141. The number of aliphatic hydroxyl groups excluding tert-OH is 1. The predicted molar refractivity (Wildman–Crippen MR) is 133 cm³/mol. The smallest absolute Gasteiger partial charge is 0.325 e. The van der Waals surface area contributed by atoms with Crippen molar-refractivity contribution in [2.24, 2.45) is 0 Å². The van der Waals surface area contributed by atoms with Gasteiger partial charge in [-0.1, -0.05) is 54.1 Å². The van der Waals surface area contributed by atoms with E-state index in [1.165, 1.54) is 6.07 Å². The second kappa shape index (κ2) is 9.71. The molecular formula is C24H23ClN2O6S2. The van der Waals surface area contributed by atoms with E-state index in [1.54, 1.807) is 60.7 Å². The fraction of sp³-hybridized carbons (Fsp3) is 0.250. The highest BCUT2D eigenvalue weighted by Crippen LogP contribution is 2.58. The Morgan fingerprint density at radius 3 is 2.34 bits per heavy atom. The second-order valence-electron chi connectivity index (χ2n) is 8.32. The van der Waals surface area contributed by atoms with E-state index >= 15 is 0 Å². The Bertz CT molecular complexity index is 1340. The van der Waals surface area contributed by atoms with Gasteiger partial charge in [0.05, 0.1) is 6.61 Å². The lowest BCUT2D eigenvalue weighted by Gasteiger charge is -2.24. The standard InChI is InChI=1S/C24H23ClN2O6S2/c25-18-8-6-16(7-9-18)19-10-11-21(34-19)35(32,33)27-24(22(30)31)14-23(24,15-26-20(29)12-13-28)17-4-2-1-3-5-17/h1-11,27-28H,12-15H2,(H,26,29)(H,30,31). The minimum absolute atomic E-state index is 0.0266. The molecule has 0 spiro atoms. The highest BCUT2D eigenvalue weighted by molar-refractivity contribution is 7.91. The summed E-state index contributed by atoms with van der Waals surface area (Å²) < 4.78 is 29.1. The molecule has 4 rings (SSSR count). The van der Waals surface area contributed by atoms with Gasteiger partial charge < -0.3 is 15.5 Å². The van der Waals surface area contributed by atoms with Gasteiger partial charge in [-0.25, -0.2) is 8.42 Å². The Morgan fingerprint density at radius 2 is 1.71 bits per heavy atom. The molecule has 2 unspecified atom stereocenters. The molecule has 1 fully saturated rings. The normalized spacial score (nSPS) is 21.4. The molecular weight excluding hydrogens is 512 g/mol. The lowest BCUT2D eigenvalue weighted by atomic mass is 9.90. The summed E-state index contributed by atoms with van der Waals surface area (Å²) in [4.78, 5) is 25.2. The van der Waals surface area contributed by atoms with Gasteiger partial charge in [-0.05, 0) is 41.8 Å². The van der Waals surface area contributed by atoms with Crippen molar-refractivity contribution in [3.05, 3.63) is 77.3 Å². The van der Waals surface area contributed by atoms with E-state index in [9.17, 15) is 23.1 Å². The van der Waals surface area contributed by atoms with E-state index in [2.05, 4.69) is 10.0 Å². The van der Waals surface area contributed by atoms with Crippen molar-refractivity contribution in [2.45, 2.75) is 28.0 Å². The first kappa shape index (κ1) is 25.3. The van der Waals surface area contributed by atoms with Crippen LogP contribution < -0.4 is 10.0 Å². The molecule has 1 heterocycles. The monoisotopic (exact) mass is 534 g/mol. The molecule has 2 aromatic carbocycles. The van der Waals surface area contributed by atoms with Gasteiger partial charge in [-0.3, -0.25) is 9.59 Å². The fourth-order valence-electron chi connectivity index (χ4n) is 4.24. The minimum Gasteiger partial charge on any atom is -0.480 e. The van der Waals surface area contributed by atoms with E-state index in [0.717, 1.165) is 16.9 Å². The van der Waals surface area contributed by atoms with Crippen LogP contribution in [0.15, 0.2) is 70.9 Å². The van der Waals surface area contributed by atoms with Crippen molar-refractivity contribution in [2.75, 3.05) is 13.2 Å². The van der Waals surface area contributed by atoms with E-state index in [-0.39, 0.29) is 30.2 Å². The van der Waals surface area contributed by atoms with Crippen LogP contribution in [0.1, 0.15) is 18.4 Å². The number of benzene rings is 2. The number of sulfonamides is 1. The number of aliphatic carboxylic acids is 1. The first-order chi connectivity index (χ1) is 16.6. The molecule has 35 heavy (non-hydrogen) atoms. The molecule has 11 heteroatoms. The van der Waals surface area contributed by atoms with Gasteiger partial charge in [0.2, 0.25) is 5.91 Å². The molecule has 3 aromatic rings. The number of carboxylic acid groups (broad SMARTS) is 1. The average Bonchev–Trinajstić information content (AvgIpc) is 3.21. The van der Waals surface area contributed by atoms with Crippen LogP contribution in [0.25, 0.3) is 10.4 Å². The number of amides is 1. The molecule has 1 aromatic heterocycles. The predicted octanol–water partition coefficient (Wildman–Crippen LogP) is 3.01. The molecule has 0 saturated heterocycles. The van der Waals surface area contributed by atoms with Gasteiger partial charge in [-0.2, -0.15) is 4.72 Å². The van der Waals surface area contributed by atoms with Crippen molar-refractivity contribution in [1.29, 1.82) is 0 Å². The number of nitrogens with one attached hydrogen (secondary N) is 2. The second-order valence-corrected chi connectivity index (χ2v) is 11.7. The Labute approximate surface area is 211 Å². The third kappa shape index (κ3) is 4.85. The van der Waals surface area contributed by atoms with Crippen LogP contribution in [-0.2, 0) is 25.0 Å². The maximum atomic E-state index is 13.3. The van der Waals surface area contributed by atoms with Crippen molar-refractivity contribution >= 4 is 44.8 Å². The molecule has 1 saturated carbocycles. The van der Waals surface area contributed by atoms with Gasteiger partial charge in [-0.15, -0.1) is 11.3 Å². The van der Waals surface area contributed by atoms with Crippen molar-refractivity contribution in [1.82, 2.24) is 10.0 Å². The van der Waals surface area contributed by atoms with Crippen LogP contribution in [0.2, 0.25) is 5.02 Å². The number of hydrogen-bond acceptors (Lipinski definition) is 6. The van der Waals surface area contributed by atoms with Crippen LogP contribution in [0.5, 0.6) is 0 Å². The van der Waals surface area contributed by atoms with Crippen LogP contribution in [0.4, 0.5) is 0 Å². The molecule has 4 N–H and O–H groups in total. The topological polar surface area (TPSA) is 133 Å². The number of thiophene rings is 1. The van der Waals surface area contributed by atoms with Crippen LogP contribution >= 0.6 is 22.9 Å². The number of hydrogen-bond donors (Lipinski definition) is 4. The van der Waals surface area contributed by atoms with Crippen molar-refractivity contribution in [3.63, 3.8) is 0 Å². The largest absolute Gasteiger partial charge is 0.480 e. The summed E-state index contributed by atoms with van der Waals surface area (Å²) in [5.41, 5.74) is -1.69. The summed E-state index contributed by atoms with van der Waals surface area (Å²) in [6.07, 6.45) is -0.188. The molecule has 2 atom stereocenters. The average molecular weight is 535 g/mol. The zero-order valence-electron chi connectivity index (χ0n) is 18.4. The molecule has 1 aliphatic carbocycles. The summed E-state index contributed by atoms with van der Waals surface area (Å²) >= 11 is 6.95. The van der Waals surface area contributed by atoms with E-state index in [4.69, 9.17) is 16.7 Å². The van der Waals surface area contributed by atoms with Crippen LogP contribution in [0, 0.1) is 0 Å². The number of halogens is 1. The SMILES string of the molecule is O=C(CCO)NCC1(c2ccccc2)CC1(NS(=O)(=O)c1ccc(-c2ccc(Cl)cc2)s1)C(=O)O. The highest BCUT2D eigenvalue weighted by Gasteiger charge is 2.74. The van der Waals surface area contributed by atoms with Crippen LogP contribution in [-0.4, -0.2) is 49.2 Å². The number of carbonyl (C=O) groups is 2. The summed E-state index contributed by atoms with van der Waals surface area (Å²) in [6, 6.07) is 18.7. The van der Waals surface area contributed by atoms with Gasteiger partial charge in [0.25, 0.3) is 10.0 Å². The lowest BCUT2D eigenvalue weighted by Crippen LogP contribution is -2.51. The zero-order chi connectivity index (χ0) is 25.3. The Morgan fingerprint density at radius 1 is 1.03 bits per heavy atom. The minimum atomic E-state index is -4.21. The maximum absolute atomic E-state index is 13.3.